The summed E-state index contributed by atoms with van der Waals surface area (Å²) >= 11 is 0. The van der Waals surface area contributed by atoms with E-state index in [2.05, 4.69) is 5.32 Å². The molecule has 0 saturated carbocycles. The molecule has 0 spiro atoms. The smallest absolute Gasteiger partial charge is 0.322 e. The second-order valence-electron chi connectivity index (χ2n) is 3.33. The van der Waals surface area contributed by atoms with Gasteiger partial charge in [-0.05, 0) is 0 Å². The lowest BCUT2D eigenvalue weighted by atomic mass is 10.2. The van der Waals surface area contributed by atoms with Crippen LogP contribution in [-0.4, -0.2) is 30.8 Å². The Morgan fingerprint density at radius 3 is 2.62 bits per heavy atom. The summed E-state index contributed by atoms with van der Waals surface area (Å²) in [5.74, 6) is 0.215. The van der Waals surface area contributed by atoms with Crippen LogP contribution in [0.4, 0.5) is 11.4 Å². The molecule has 0 bridgehead atoms. The van der Waals surface area contributed by atoms with E-state index in [1.807, 2.05) is 0 Å². The van der Waals surface area contributed by atoms with E-state index in [1.165, 1.54) is 0 Å². The van der Waals surface area contributed by atoms with Crippen LogP contribution in [0.1, 0.15) is 0 Å². The van der Waals surface area contributed by atoms with Crippen LogP contribution in [0, 0.1) is 0 Å². The molecule has 0 aliphatic carbocycles. The molecule has 0 atom stereocenters. The van der Waals surface area contributed by atoms with Gasteiger partial charge in [-0.15, -0.1) is 0 Å². The Morgan fingerprint density at radius 1 is 1.38 bits per heavy atom. The van der Waals surface area contributed by atoms with Gasteiger partial charge in [0.2, 0.25) is 0 Å². The highest BCUT2D eigenvalue weighted by molar-refractivity contribution is 5.78. The molecule has 0 radical (unpaired) electrons. The van der Waals surface area contributed by atoms with Crippen molar-refractivity contribution in [3.05, 3.63) is 12.1 Å². The van der Waals surface area contributed by atoms with Crippen LogP contribution in [0.5, 0.6) is 11.5 Å². The number of hydrogen-bond donors (Lipinski definition) is 3. The molecular weight excluding hydrogens is 212 g/mol. The number of benzene rings is 1. The van der Waals surface area contributed by atoms with Gasteiger partial charge in [0.25, 0.3) is 0 Å². The molecule has 1 heterocycles. The summed E-state index contributed by atoms with van der Waals surface area (Å²) in [4.78, 5) is 10.4. The average Bonchev–Trinajstić information content (AvgIpc) is 2.26. The summed E-state index contributed by atoms with van der Waals surface area (Å²) in [5, 5.41) is 11.2. The van der Waals surface area contributed by atoms with E-state index in [9.17, 15) is 4.79 Å². The van der Waals surface area contributed by atoms with Crippen molar-refractivity contribution in [1.82, 2.24) is 0 Å². The standard InChI is InChI=1S/C10H12N2O4/c11-6-3-8-9(16-2-1-15-8)4-7(6)12-5-10(13)14/h3-4,12H,1-2,5,11H2,(H,13,14). The molecule has 1 aromatic rings. The van der Waals surface area contributed by atoms with E-state index < -0.39 is 5.97 Å². The summed E-state index contributed by atoms with van der Waals surface area (Å²) in [7, 11) is 0. The van der Waals surface area contributed by atoms with Crippen molar-refractivity contribution in [2.24, 2.45) is 0 Å². The molecule has 2 rings (SSSR count). The van der Waals surface area contributed by atoms with Gasteiger partial charge in [-0.25, -0.2) is 0 Å². The second-order valence-corrected chi connectivity index (χ2v) is 3.33. The van der Waals surface area contributed by atoms with Crippen molar-refractivity contribution in [3.8, 4) is 11.5 Å². The van der Waals surface area contributed by atoms with Crippen LogP contribution in [0.25, 0.3) is 0 Å². The predicted octanol–water partition coefficient (Wildman–Crippen LogP) is 0.536. The summed E-state index contributed by atoms with van der Waals surface area (Å²) < 4.78 is 10.7. The minimum Gasteiger partial charge on any atom is -0.486 e. The molecule has 0 amide bonds. The van der Waals surface area contributed by atoms with Gasteiger partial charge >= 0.3 is 5.97 Å². The summed E-state index contributed by atoms with van der Waals surface area (Å²) in [6, 6.07) is 3.27. The van der Waals surface area contributed by atoms with E-state index in [-0.39, 0.29) is 6.54 Å². The van der Waals surface area contributed by atoms with E-state index >= 15 is 0 Å². The monoisotopic (exact) mass is 224 g/mol. The van der Waals surface area contributed by atoms with Crippen LogP contribution >= 0.6 is 0 Å². The highest BCUT2D eigenvalue weighted by Gasteiger charge is 2.14. The van der Waals surface area contributed by atoms with Gasteiger partial charge in [-0.3, -0.25) is 4.79 Å². The van der Waals surface area contributed by atoms with Gasteiger partial charge in [-0.2, -0.15) is 0 Å². The van der Waals surface area contributed by atoms with E-state index in [0.717, 1.165) is 0 Å². The van der Waals surface area contributed by atoms with Gasteiger partial charge < -0.3 is 25.6 Å². The van der Waals surface area contributed by atoms with Gasteiger partial charge in [0.05, 0.1) is 11.4 Å². The molecule has 86 valence electrons. The van der Waals surface area contributed by atoms with E-state index in [4.69, 9.17) is 20.3 Å². The van der Waals surface area contributed by atoms with Crippen molar-refractivity contribution in [1.29, 1.82) is 0 Å². The van der Waals surface area contributed by atoms with Crippen LogP contribution in [-0.2, 0) is 4.79 Å². The third kappa shape index (κ3) is 2.10. The Balaban J connectivity index is 2.21. The number of nitrogens with one attached hydrogen (secondary N) is 1. The molecule has 16 heavy (non-hydrogen) atoms. The number of ether oxygens (including phenoxy) is 2. The highest BCUT2D eigenvalue weighted by Crippen LogP contribution is 2.36. The fourth-order valence-electron chi connectivity index (χ4n) is 1.43. The van der Waals surface area contributed by atoms with Gasteiger partial charge in [0.15, 0.2) is 11.5 Å². The molecule has 1 aliphatic rings. The third-order valence-corrected chi connectivity index (χ3v) is 2.14. The topological polar surface area (TPSA) is 93.8 Å². The Bertz CT molecular complexity index is 420. The molecule has 6 nitrogen and oxygen atoms in total. The summed E-state index contributed by atoms with van der Waals surface area (Å²) in [5.41, 5.74) is 6.71. The first kappa shape index (κ1) is 10.4. The molecule has 4 N–H and O–H groups in total. The Morgan fingerprint density at radius 2 is 2.00 bits per heavy atom. The Kier molecular flexibility index (Phi) is 2.72. The lowest BCUT2D eigenvalue weighted by Crippen LogP contribution is -2.17. The van der Waals surface area contributed by atoms with Crippen molar-refractivity contribution in [3.63, 3.8) is 0 Å². The number of aliphatic carboxylic acids is 1. The summed E-state index contributed by atoms with van der Waals surface area (Å²) in [6.07, 6.45) is 0. The molecule has 1 aliphatic heterocycles. The number of carboxylic acids is 1. The lowest BCUT2D eigenvalue weighted by Gasteiger charge is -2.20. The lowest BCUT2D eigenvalue weighted by molar-refractivity contribution is -0.134. The van der Waals surface area contributed by atoms with Gasteiger partial charge in [-0.1, -0.05) is 0 Å². The quantitative estimate of drug-likeness (QED) is 0.648. The first-order valence-corrected chi connectivity index (χ1v) is 4.81. The second kappa shape index (κ2) is 4.18. The Labute approximate surface area is 92.0 Å². The average molecular weight is 224 g/mol. The maximum Gasteiger partial charge on any atom is 0.322 e. The van der Waals surface area contributed by atoms with E-state index in [0.29, 0.717) is 36.1 Å². The van der Waals surface area contributed by atoms with Crippen molar-refractivity contribution >= 4 is 17.3 Å². The minimum absolute atomic E-state index is 0.191. The number of carboxylic acid groups (broad SMARTS) is 1. The zero-order valence-corrected chi connectivity index (χ0v) is 8.53. The highest BCUT2D eigenvalue weighted by atomic mass is 16.6. The molecule has 6 heteroatoms. The fourth-order valence-corrected chi connectivity index (χ4v) is 1.43. The number of anilines is 2. The first-order valence-electron chi connectivity index (χ1n) is 4.81. The SMILES string of the molecule is Nc1cc2c(cc1NCC(=O)O)OCCO2. The fraction of sp³-hybridized carbons (Fsp3) is 0.300. The van der Waals surface area contributed by atoms with Crippen LogP contribution in [0.3, 0.4) is 0 Å². The zero-order valence-electron chi connectivity index (χ0n) is 8.53. The van der Waals surface area contributed by atoms with Gasteiger partial charge in [0, 0.05) is 12.1 Å². The van der Waals surface area contributed by atoms with E-state index in [1.54, 1.807) is 12.1 Å². The third-order valence-electron chi connectivity index (χ3n) is 2.14. The zero-order chi connectivity index (χ0) is 11.5. The molecule has 0 unspecified atom stereocenters. The largest absolute Gasteiger partial charge is 0.486 e. The number of nitrogen functional groups attached to an aromatic ring is 1. The molecule has 0 fully saturated rings. The first-order chi connectivity index (χ1) is 7.66. The maximum absolute atomic E-state index is 10.4. The minimum atomic E-state index is -0.950. The van der Waals surface area contributed by atoms with Crippen LogP contribution < -0.4 is 20.5 Å². The number of rotatable bonds is 3. The number of nitrogens with two attached hydrogens (primary N) is 1. The van der Waals surface area contributed by atoms with Crippen LogP contribution in [0.2, 0.25) is 0 Å². The Hall–Kier alpha value is -2.11. The van der Waals surface area contributed by atoms with Gasteiger partial charge in [0.1, 0.15) is 19.8 Å². The molecule has 1 aromatic carbocycles. The van der Waals surface area contributed by atoms with Crippen LogP contribution in [0.15, 0.2) is 12.1 Å². The molecule has 0 saturated heterocycles. The molecular formula is C10H12N2O4. The number of fused-ring (bicyclic) bond motifs is 1. The number of carbonyl (C=O) groups is 1. The number of hydrogen-bond acceptors (Lipinski definition) is 5. The molecule has 0 aromatic heterocycles. The van der Waals surface area contributed by atoms with Crippen molar-refractivity contribution in [2.45, 2.75) is 0 Å². The predicted molar refractivity (Wildman–Crippen MR) is 58.0 cm³/mol. The summed E-state index contributed by atoms with van der Waals surface area (Å²) in [6.45, 7) is 0.785. The maximum atomic E-state index is 10.4. The van der Waals surface area contributed by atoms with Crippen molar-refractivity contribution < 1.29 is 19.4 Å². The van der Waals surface area contributed by atoms with Crippen molar-refractivity contribution in [2.75, 3.05) is 30.8 Å². The normalized spacial score (nSPS) is 13.2.